The van der Waals surface area contributed by atoms with Crippen molar-refractivity contribution < 1.29 is 23.9 Å². The van der Waals surface area contributed by atoms with Crippen LogP contribution in [0.25, 0.3) is 0 Å². The van der Waals surface area contributed by atoms with Gasteiger partial charge >= 0.3 is 11.8 Å². The molecule has 0 radical (unpaired) electrons. The van der Waals surface area contributed by atoms with E-state index in [0.29, 0.717) is 29.4 Å². The number of ether oxygens (including phenoxy) is 2. The minimum absolute atomic E-state index is 0.208. The molecule has 0 atom stereocenters. The smallest absolute Gasteiger partial charge is 0.329 e. The maximum Gasteiger partial charge on any atom is 0.329 e. The summed E-state index contributed by atoms with van der Waals surface area (Å²) in [6, 6.07) is 21.2. The standard InChI is InChI=1S/C29H32N4O5/c1-3-5-18-37-24-16-14-23(15-17-24)31-28(35)29(36)33-30-19-22-11-7-9-13-26(22)38-20-27(34)32-25-12-8-6-10-21(25)4-2/h6-17,19H,3-5,18,20H2,1-2H3,(H,31,35)(H,32,34)(H,33,36)/b30-19-. The summed E-state index contributed by atoms with van der Waals surface area (Å²) in [7, 11) is 0. The fourth-order valence-electron chi connectivity index (χ4n) is 3.37. The molecule has 9 heteroatoms. The fourth-order valence-corrected chi connectivity index (χ4v) is 3.37. The highest BCUT2D eigenvalue weighted by atomic mass is 16.5. The second-order valence-corrected chi connectivity index (χ2v) is 8.27. The molecule has 0 unspecified atom stereocenters. The van der Waals surface area contributed by atoms with Crippen molar-refractivity contribution >= 4 is 35.3 Å². The first-order chi connectivity index (χ1) is 18.5. The Labute approximate surface area is 222 Å². The lowest BCUT2D eigenvalue weighted by molar-refractivity contribution is -0.136. The number of hydrogen-bond acceptors (Lipinski definition) is 6. The predicted octanol–water partition coefficient (Wildman–Crippen LogP) is 4.53. The van der Waals surface area contributed by atoms with Gasteiger partial charge in [-0.25, -0.2) is 5.43 Å². The molecule has 0 aliphatic heterocycles. The van der Waals surface area contributed by atoms with Gasteiger partial charge in [-0.15, -0.1) is 0 Å². The van der Waals surface area contributed by atoms with Crippen molar-refractivity contribution in [2.75, 3.05) is 23.8 Å². The Hall–Kier alpha value is -4.66. The van der Waals surface area contributed by atoms with Gasteiger partial charge < -0.3 is 20.1 Å². The van der Waals surface area contributed by atoms with Crippen LogP contribution in [-0.2, 0) is 20.8 Å². The minimum atomic E-state index is -0.933. The molecule has 3 N–H and O–H groups in total. The van der Waals surface area contributed by atoms with Crippen molar-refractivity contribution in [2.24, 2.45) is 5.10 Å². The molecule has 0 heterocycles. The zero-order chi connectivity index (χ0) is 27.2. The lowest BCUT2D eigenvalue weighted by Gasteiger charge is -2.11. The van der Waals surface area contributed by atoms with Crippen molar-refractivity contribution in [3.63, 3.8) is 0 Å². The summed E-state index contributed by atoms with van der Waals surface area (Å²) in [5.74, 6) is -1.01. The van der Waals surface area contributed by atoms with Gasteiger partial charge in [0.05, 0.1) is 12.8 Å². The number of nitrogens with zero attached hydrogens (tertiary/aromatic N) is 1. The van der Waals surface area contributed by atoms with E-state index in [2.05, 4.69) is 28.1 Å². The van der Waals surface area contributed by atoms with Gasteiger partial charge in [0.25, 0.3) is 5.91 Å². The molecule has 0 saturated heterocycles. The molecular weight excluding hydrogens is 484 g/mol. The van der Waals surface area contributed by atoms with Crippen molar-refractivity contribution in [3.8, 4) is 11.5 Å². The van der Waals surface area contributed by atoms with E-state index in [0.717, 1.165) is 30.5 Å². The van der Waals surface area contributed by atoms with Gasteiger partial charge in [0.15, 0.2) is 6.61 Å². The van der Waals surface area contributed by atoms with Gasteiger partial charge in [-0.05, 0) is 60.9 Å². The van der Waals surface area contributed by atoms with Crippen LogP contribution in [0.2, 0.25) is 0 Å². The van der Waals surface area contributed by atoms with Crippen molar-refractivity contribution in [1.82, 2.24) is 5.43 Å². The van der Waals surface area contributed by atoms with Crippen LogP contribution in [0.5, 0.6) is 11.5 Å². The summed E-state index contributed by atoms with van der Waals surface area (Å²) in [4.78, 5) is 36.7. The summed E-state index contributed by atoms with van der Waals surface area (Å²) in [6.45, 7) is 4.51. The lowest BCUT2D eigenvalue weighted by atomic mass is 10.1. The summed E-state index contributed by atoms with van der Waals surface area (Å²) in [5.41, 5.74) is 4.94. The molecule has 0 fully saturated rings. The molecule has 0 spiro atoms. The highest BCUT2D eigenvalue weighted by molar-refractivity contribution is 6.39. The number of benzene rings is 3. The average molecular weight is 517 g/mol. The van der Waals surface area contributed by atoms with Gasteiger partial charge in [-0.2, -0.15) is 5.10 Å². The third-order valence-electron chi connectivity index (χ3n) is 5.40. The molecule has 3 rings (SSSR count). The molecule has 9 nitrogen and oxygen atoms in total. The highest BCUT2D eigenvalue weighted by Crippen LogP contribution is 2.18. The largest absolute Gasteiger partial charge is 0.494 e. The van der Waals surface area contributed by atoms with Crippen LogP contribution in [-0.4, -0.2) is 37.1 Å². The van der Waals surface area contributed by atoms with Crippen LogP contribution in [0.15, 0.2) is 77.9 Å². The Morgan fingerprint density at radius 3 is 2.34 bits per heavy atom. The number of aryl methyl sites for hydroxylation is 1. The van der Waals surface area contributed by atoms with Gasteiger partial charge in [0.1, 0.15) is 11.5 Å². The highest BCUT2D eigenvalue weighted by Gasteiger charge is 2.13. The summed E-state index contributed by atoms with van der Waals surface area (Å²) >= 11 is 0. The van der Waals surface area contributed by atoms with Crippen LogP contribution in [0.1, 0.15) is 37.8 Å². The number of unbranched alkanes of at least 4 members (excludes halogenated alkanes) is 1. The monoisotopic (exact) mass is 516 g/mol. The Balaban J connectivity index is 1.49. The average Bonchev–Trinajstić information content (AvgIpc) is 2.93. The van der Waals surface area contributed by atoms with Crippen LogP contribution < -0.4 is 25.5 Å². The van der Waals surface area contributed by atoms with E-state index in [-0.39, 0.29) is 12.5 Å². The van der Waals surface area contributed by atoms with Gasteiger partial charge in [-0.3, -0.25) is 14.4 Å². The molecular formula is C29H32N4O5. The maximum absolute atomic E-state index is 12.4. The van der Waals surface area contributed by atoms with E-state index in [1.165, 1.54) is 6.21 Å². The first-order valence-corrected chi connectivity index (χ1v) is 12.5. The summed E-state index contributed by atoms with van der Waals surface area (Å²) in [6.07, 6.45) is 4.13. The number of para-hydroxylation sites is 2. The number of hydrazone groups is 1. The van der Waals surface area contributed by atoms with E-state index < -0.39 is 11.8 Å². The number of rotatable bonds is 12. The molecule has 0 bridgehead atoms. The SMILES string of the molecule is CCCCOc1ccc(NC(=O)C(=O)N/N=C\c2ccccc2OCC(=O)Nc2ccccc2CC)cc1. The predicted molar refractivity (Wildman–Crippen MR) is 148 cm³/mol. The molecule has 0 aromatic heterocycles. The number of carbonyl (C=O) groups excluding carboxylic acids is 3. The number of anilines is 2. The summed E-state index contributed by atoms with van der Waals surface area (Å²) in [5, 5.41) is 9.21. The van der Waals surface area contributed by atoms with E-state index >= 15 is 0 Å². The van der Waals surface area contributed by atoms with Crippen LogP contribution in [0, 0.1) is 0 Å². The Morgan fingerprint density at radius 1 is 0.842 bits per heavy atom. The molecule has 0 aliphatic rings. The Bertz CT molecular complexity index is 1260. The van der Waals surface area contributed by atoms with E-state index in [9.17, 15) is 14.4 Å². The van der Waals surface area contributed by atoms with Crippen LogP contribution in [0.4, 0.5) is 11.4 Å². The zero-order valence-corrected chi connectivity index (χ0v) is 21.5. The third kappa shape index (κ3) is 8.77. The molecule has 0 aliphatic carbocycles. The van der Waals surface area contributed by atoms with Crippen molar-refractivity contribution in [2.45, 2.75) is 33.1 Å². The molecule has 0 saturated carbocycles. The zero-order valence-electron chi connectivity index (χ0n) is 21.5. The second kappa shape index (κ2) is 14.8. The number of hydrogen-bond donors (Lipinski definition) is 3. The van der Waals surface area contributed by atoms with Crippen LogP contribution >= 0.6 is 0 Å². The molecule has 3 amide bonds. The quantitative estimate of drug-likeness (QED) is 0.141. The molecule has 38 heavy (non-hydrogen) atoms. The summed E-state index contributed by atoms with van der Waals surface area (Å²) < 4.78 is 11.2. The van der Waals surface area contributed by atoms with Gasteiger partial charge in [0.2, 0.25) is 0 Å². The lowest BCUT2D eigenvalue weighted by Crippen LogP contribution is -2.32. The topological polar surface area (TPSA) is 118 Å². The van der Waals surface area contributed by atoms with Crippen LogP contribution in [0.3, 0.4) is 0 Å². The van der Waals surface area contributed by atoms with Gasteiger partial charge in [-0.1, -0.05) is 50.6 Å². The first kappa shape index (κ1) is 27.9. The normalized spacial score (nSPS) is 10.6. The fraction of sp³-hybridized carbons (Fsp3) is 0.241. The number of amides is 3. The van der Waals surface area contributed by atoms with E-state index in [1.54, 1.807) is 48.5 Å². The van der Waals surface area contributed by atoms with E-state index in [1.807, 2.05) is 31.2 Å². The Kier molecular flexibility index (Phi) is 10.9. The van der Waals surface area contributed by atoms with Gasteiger partial charge in [0, 0.05) is 16.9 Å². The Morgan fingerprint density at radius 2 is 1.58 bits per heavy atom. The van der Waals surface area contributed by atoms with Crippen molar-refractivity contribution in [1.29, 1.82) is 0 Å². The van der Waals surface area contributed by atoms with E-state index in [4.69, 9.17) is 9.47 Å². The molecule has 198 valence electrons. The molecule has 3 aromatic carbocycles. The number of carbonyl (C=O) groups is 3. The third-order valence-corrected chi connectivity index (χ3v) is 5.40. The first-order valence-electron chi connectivity index (χ1n) is 12.5. The molecule has 3 aromatic rings. The second-order valence-electron chi connectivity index (χ2n) is 8.27. The van der Waals surface area contributed by atoms with Crippen molar-refractivity contribution in [3.05, 3.63) is 83.9 Å². The maximum atomic E-state index is 12.4. The number of nitrogens with one attached hydrogen (secondary N) is 3. The minimum Gasteiger partial charge on any atom is -0.494 e.